The number of piperidine rings is 1. The van der Waals surface area contributed by atoms with Crippen molar-refractivity contribution in [2.45, 2.75) is 57.1 Å². The van der Waals surface area contributed by atoms with Crippen LogP contribution in [0.15, 0.2) is 11.2 Å². The molecule has 1 aliphatic carbocycles. The van der Waals surface area contributed by atoms with Crippen molar-refractivity contribution in [2.75, 3.05) is 23.7 Å². The summed E-state index contributed by atoms with van der Waals surface area (Å²) in [5, 5.41) is 9.78. The molecule has 0 aromatic carbocycles. The molecule has 25 heavy (non-hydrogen) atoms. The van der Waals surface area contributed by atoms with Crippen molar-refractivity contribution in [3.8, 4) is 0 Å². The zero-order valence-corrected chi connectivity index (χ0v) is 15.7. The maximum Gasteiger partial charge on any atom is 0.228 e. The zero-order chi connectivity index (χ0) is 17.4. The smallest absolute Gasteiger partial charge is 0.228 e. The highest BCUT2D eigenvalue weighted by Gasteiger charge is 2.32. The van der Waals surface area contributed by atoms with Crippen LogP contribution < -0.4 is 4.90 Å². The number of rotatable bonds is 6. The van der Waals surface area contributed by atoms with E-state index in [0.717, 1.165) is 41.1 Å². The number of nitrogens with zero attached hydrogens (tertiary/aromatic N) is 4. The van der Waals surface area contributed by atoms with Gasteiger partial charge in [0.15, 0.2) is 10.9 Å². The Labute approximate surface area is 152 Å². The standard InChI is InChI=1S/C18H25N5OS/c1-12-10-15(13(2)19-12)16(24)11-25-18-21-20-17(23(18)14-6-7-14)22-8-4-3-5-9-22/h10,14,19H,3-9,11H2,1-2H3. The summed E-state index contributed by atoms with van der Waals surface area (Å²) in [6, 6.07) is 2.45. The Kier molecular flexibility index (Phi) is 4.58. The van der Waals surface area contributed by atoms with Crippen molar-refractivity contribution in [1.29, 1.82) is 0 Å². The van der Waals surface area contributed by atoms with Crippen LogP contribution in [0, 0.1) is 13.8 Å². The molecule has 0 unspecified atom stereocenters. The van der Waals surface area contributed by atoms with Crippen molar-refractivity contribution in [3.05, 3.63) is 23.0 Å². The van der Waals surface area contributed by atoms with Gasteiger partial charge in [-0.2, -0.15) is 0 Å². The molecule has 3 heterocycles. The lowest BCUT2D eigenvalue weighted by molar-refractivity contribution is 0.102. The predicted molar refractivity (Wildman–Crippen MR) is 99.7 cm³/mol. The van der Waals surface area contributed by atoms with E-state index < -0.39 is 0 Å². The molecule has 0 spiro atoms. The number of H-pyrrole nitrogens is 1. The number of thioether (sulfide) groups is 1. The SMILES string of the molecule is Cc1cc(C(=O)CSc2nnc(N3CCCCC3)n2C2CC2)c(C)[nH]1. The van der Waals surface area contributed by atoms with Crippen LogP contribution in [0.25, 0.3) is 0 Å². The van der Waals surface area contributed by atoms with Gasteiger partial charge in [0, 0.05) is 36.1 Å². The Hall–Kier alpha value is -1.76. The molecule has 6 nitrogen and oxygen atoms in total. The number of hydrogen-bond acceptors (Lipinski definition) is 5. The second-order valence-corrected chi connectivity index (χ2v) is 8.08. The summed E-state index contributed by atoms with van der Waals surface area (Å²) in [4.78, 5) is 18.1. The summed E-state index contributed by atoms with van der Waals surface area (Å²) in [5.41, 5.74) is 2.76. The lowest BCUT2D eigenvalue weighted by Crippen LogP contribution is -2.31. The largest absolute Gasteiger partial charge is 0.362 e. The number of aromatic nitrogens is 4. The highest BCUT2D eigenvalue weighted by Crippen LogP contribution is 2.41. The molecular weight excluding hydrogens is 334 g/mol. The summed E-state index contributed by atoms with van der Waals surface area (Å²) in [6.45, 7) is 6.06. The lowest BCUT2D eigenvalue weighted by Gasteiger charge is -2.27. The van der Waals surface area contributed by atoms with Gasteiger partial charge in [0.2, 0.25) is 5.95 Å². The van der Waals surface area contributed by atoms with E-state index in [1.807, 2.05) is 19.9 Å². The van der Waals surface area contributed by atoms with Crippen LogP contribution in [0.3, 0.4) is 0 Å². The predicted octanol–water partition coefficient (Wildman–Crippen LogP) is 3.52. The van der Waals surface area contributed by atoms with Gasteiger partial charge < -0.3 is 9.88 Å². The van der Waals surface area contributed by atoms with Gasteiger partial charge in [0.1, 0.15) is 0 Å². The highest BCUT2D eigenvalue weighted by molar-refractivity contribution is 7.99. The Morgan fingerprint density at radius 2 is 2.00 bits per heavy atom. The fraction of sp³-hybridized carbons (Fsp3) is 0.611. The van der Waals surface area contributed by atoms with Crippen LogP contribution in [0.1, 0.15) is 59.9 Å². The number of Topliss-reactive ketones (excluding diaryl/α,β-unsaturated/α-hetero) is 1. The molecule has 2 aromatic rings. The van der Waals surface area contributed by atoms with Gasteiger partial charge in [-0.3, -0.25) is 9.36 Å². The van der Waals surface area contributed by atoms with Gasteiger partial charge in [-0.05, 0) is 52.0 Å². The molecule has 7 heteroatoms. The van der Waals surface area contributed by atoms with Crippen LogP contribution in [0.2, 0.25) is 0 Å². The number of anilines is 1. The lowest BCUT2D eigenvalue weighted by atomic mass is 10.1. The topological polar surface area (TPSA) is 66.8 Å². The number of aromatic amines is 1. The van der Waals surface area contributed by atoms with E-state index in [0.29, 0.717) is 11.8 Å². The second-order valence-electron chi connectivity index (χ2n) is 7.13. The third-order valence-corrected chi connectivity index (χ3v) is 5.92. The van der Waals surface area contributed by atoms with Crippen LogP contribution in [0.4, 0.5) is 5.95 Å². The van der Waals surface area contributed by atoms with E-state index >= 15 is 0 Å². The first-order valence-electron chi connectivity index (χ1n) is 9.15. The van der Waals surface area contributed by atoms with E-state index in [1.165, 1.54) is 43.9 Å². The number of carbonyl (C=O) groups excluding carboxylic acids is 1. The molecule has 0 radical (unpaired) electrons. The molecule has 0 atom stereocenters. The number of nitrogens with one attached hydrogen (secondary N) is 1. The molecule has 1 N–H and O–H groups in total. The summed E-state index contributed by atoms with van der Waals surface area (Å²) < 4.78 is 2.28. The van der Waals surface area contributed by atoms with Gasteiger partial charge in [-0.15, -0.1) is 10.2 Å². The van der Waals surface area contributed by atoms with Crippen molar-refractivity contribution >= 4 is 23.5 Å². The van der Waals surface area contributed by atoms with E-state index in [2.05, 4.69) is 24.6 Å². The zero-order valence-electron chi connectivity index (χ0n) is 14.9. The fourth-order valence-corrected chi connectivity index (χ4v) is 4.44. The van der Waals surface area contributed by atoms with Crippen LogP contribution in [-0.2, 0) is 0 Å². The molecule has 2 aromatic heterocycles. The Morgan fingerprint density at radius 3 is 2.64 bits per heavy atom. The average Bonchev–Trinajstić information content (AvgIpc) is 3.27. The maximum absolute atomic E-state index is 12.5. The Balaban J connectivity index is 1.49. The van der Waals surface area contributed by atoms with Crippen molar-refractivity contribution in [2.24, 2.45) is 0 Å². The highest BCUT2D eigenvalue weighted by atomic mass is 32.2. The van der Waals surface area contributed by atoms with Gasteiger partial charge >= 0.3 is 0 Å². The summed E-state index contributed by atoms with van der Waals surface area (Å²) >= 11 is 1.52. The number of carbonyl (C=O) groups is 1. The maximum atomic E-state index is 12.5. The third kappa shape index (κ3) is 3.47. The minimum absolute atomic E-state index is 0.150. The van der Waals surface area contributed by atoms with Crippen LogP contribution >= 0.6 is 11.8 Å². The minimum Gasteiger partial charge on any atom is -0.362 e. The third-order valence-electron chi connectivity index (χ3n) is 4.98. The molecule has 0 amide bonds. The molecule has 1 aliphatic heterocycles. The molecule has 134 valence electrons. The molecule has 1 saturated carbocycles. The molecular formula is C18H25N5OS. The molecule has 0 bridgehead atoms. The van der Waals surface area contributed by atoms with Crippen molar-refractivity contribution in [3.63, 3.8) is 0 Å². The quantitative estimate of drug-likeness (QED) is 0.631. The summed E-state index contributed by atoms with van der Waals surface area (Å²) in [6.07, 6.45) is 6.14. The van der Waals surface area contributed by atoms with E-state index in [-0.39, 0.29) is 5.78 Å². The van der Waals surface area contributed by atoms with Crippen molar-refractivity contribution < 1.29 is 4.79 Å². The first-order valence-corrected chi connectivity index (χ1v) is 10.1. The van der Waals surface area contributed by atoms with Crippen LogP contribution in [-0.4, -0.2) is 44.4 Å². The van der Waals surface area contributed by atoms with Gasteiger partial charge in [-0.25, -0.2) is 0 Å². The first-order chi connectivity index (χ1) is 12.1. The number of hydrogen-bond donors (Lipinski definition) is 1. The molecule has 1 saturated heterocycles. The van der Waals surface area contributed by atoms with E-state index in [4.69, 9.17) is 0 Å². The van der Waals surface area contributed by atoms with Gasteiger partial charge in [0.05, 0.1) is 5.75 Å². The molecule has 4 rings (SSSR count). The van der Waals surface area contributed by atoms with Gasteiger partial charge in [0.25, 0.3) is 0 Å². The average molecular weight is 359 g/mol. The van der Waals surface area contributed by atoms with Crippen molar-refractivity contribution in [1.82, 2.24) is 19.7 Å². The normalized spacial score (nSPS) is 17.9. The summed E-state index contributed by atoms with van der Waals surface area (Å²) in [7, 11) is 0. The fourth-order valence-electron chi connectivity index (χ4n) is 3.55. The van der Waals surface area contributed by atoms with Gasteiger partial charge in [-0.1, -0.05) is 11.8 Å². The number of aryl methyl sites for hydroxylation is 2. The summed E-state index contributed by atoms with van der Waals surface area (Å²) in [5.74, 6) is 1.56. The van der Waals surface area contributed by atoms with E-state index in [9.17, 15) is 4.79 Å². The molecule has 2 aliphatic rings. The first kappa shape index (κ1) is 16.7. The van der Waals surface area contributed by atoms with Crippen LogP contribution in [0.5, 0.6) is 0 Å². The molecule has 2 fully saturated rings. The second kappa shape index (κ2) is 6.86. The van der Waals surface area contributed by atoms with E-state index in [1.54, 1.807) is 0 Å². The Morgan fingerprint density at radius 1 is 1.24 bits per heavy atom. The number of ketones is 1. The monoisotopic (exact) mass is 359 g/mol. The minimum atomic E-state index is 0.150. The Bertz CT molecular complexity index is 771.